The van der Waals surface area contributed by atoms with Gasteiger partial charge in [-0.1, -0.05) is 6.92 Å². The Kier molecular flexibility index (Phi) is 2.34. The number of hydrogen-bond donors (Lipinski definition) is 2. The summed E-state index contributed by atoms with van der Waals surface area (Å²) in [6.45, 7) is 3.25. The molecular formula is C7H14N2O2. The average Bonchev–Trinajstić information content (AvgIpc) is 1.83. The van der Waals surface area contributed by atoms with E-state index in [0.717, 1.165) is 6.42 Å². The van der Waals surface area contributed by atoms with Gasteiger partial charge in [0.1, 0.15) is 0 Å². The molecule has 0 bridgehead atoms. The molecule has 1 atom stereocenters. The van der Waals surface area contributed by atoms with Crippen LogP contribution in [0.1, 0.15) is 13.3 Å². The summed E-state index contributed by atoms with van der Waals surface area (Å²) in [7, 11) is 0. The molecule has 4 nitrogen and oxygen atoms in total. The maximum Gasteiger partial charge on any atom is 0.407 e. The molecule has 0 saturated carbocycles. The molecule has 1 aliphatic rings. The van der Waals surface area contributed by atoms with Gasteiger partial charge in [0.2, 0.25) is 0 Å². The lowest BCUT2D eigenvalue weighted by molar-refractivity contribution is 0.0705. The molecule has 1 amide bonds. The van der Waals surface area contributed by atoms with Gasteiger partial charge in [-0.05, 0) is 6.42 Å². The topological polar surface area (TPSA) is 66.6 Å². The molecule has 0 radical (unpaired) electrons. The summed E-state index contributed by atoms with van der Waals surface area (Å²) in [5.41, 5.74) is 5.72. The van der Waals surface area contributed by atoms with Crippen LogP contribution in [0.3, 0.4) is 0 Å². The number of amides is 1. The molecule has 0 aromatic heterocycles. The van der Waals surface area contributed by atoms with Gasteiger partial charge in [0.15, 0.2) is 0 Å². The molecule has 0 spiro atoms. The average molecular weight is 158 g/mol. The van der Waals surface area contributed by atoms with E-state index in [1.807, 2.05) is 6.92 Å². The van der Waals surface area contributed by atoms with Crippen molar-refractivity contribution in [2.24, 2.45) is 11.7 Å². The maximum atomic E-state index is 10.3. The van der Waals surface area contributed by atoms with Crippen molar-refractivity contribution in [1.82, 2.24) is 4.90 Å². The monoisotopic (exact) mass is 158 g/mol. The van der Waals surface area contributed by atoms with Gasteiger partial charge in [0.25, 0.3) is 0 Å². The summed E-state index contributed by atoms with van der Waals surface area (Å²) in [6, 6.07) is 0.172. The number of carboxylic acid groups (broad SMARTS) is 1. The fraction of sp³-hybridized carbons (Fsp3) is 0.857. The Morgan fingerprint density at radius 3 is 2.73 bits per heavy atom. The second-order valence-electron chi connectivity index (χ2n) is 3.02. The smallest absolute Gasteiger partial charge is 0.407 e. The predicted molar refractivity (Wildman–Crippen MR) is 41.4 cm³/mol. The Hall–Kier alpha value is -0.770. The van der Waals surface area contributed by atoms with E-state index in [1.54, 1.807) is 0 Å². The van der Waals surface area contributed by atoms with Crippen molar-refractivity contribution in [1.29, 1.82) is 0 Å². The lowest BCUT2D eigenvalue weighted by Crippen LogP contribution is -2.55. The largest absolute Gasteiger partial charge is 0.465 e. The SMILES string of the molecule is CC[C@H](N)C1CN(C(=O)O)C1. The van der Waals surface area contributed by atoms with E-state index >= 15 is 0 Å². The fourth-order valence-electron chi connectivity index (χ4n) is 1.27. The van der Waals surface area contributed by atoms with Crippen molar-refractivity contribution in [3.8, 4) is 0 Å². The van der Waals surface area contributed by atoms with Crippen LogP contribution in [0.4, 0.5) is 4.79 Å². The van der Waals surface area contributed by atoms with Crippen LogP contribution in [-0.2, 0) is 0 Å². The molecule has 1 fully saturated rings. The van der Waals surface area contributed by atoms with Gasteiger partial charge < -0.3 is 15.7 Å². The number of likely N-dealkylation sites (tertiary alicyclic amines) is 1. The minimum Gasteiger partial charge on any atom is -0.465 e. The summed E-state index contributed by atoms with van der Waals surface area (Å²) in [5, 5.41) is 8.49. The highest BCUT2D eigenvalue weighted by Gasteiger charge is 2.33. The van der Waals surface area contributed by atoms with Crippen molar-refractivity contribution in [3.63, 3.8) is 0 Å². The van der Waals surface area contributed by atoms with Crippen molar-refractivity contribution in [2.75, 3.05) is 13.1 Å². The number of hydrogen-bond acceptors (Lipinski definition) is 2. The molecule has 0 aliphatic carbocycles. The van der Waals surface area contributed by atoms with Crippen LogP contribution in [-0.4, -0.2) is 35.2 Å². The minimum absolute atomic E-state index is 0.172. The van der Waals surface area contributed by atoms with E-state index in [-0.39, 0.29) is 6.04 Å². The van der Waals surface area contributed by atoms with E-state index < -0.39 is 6.09 Å². The highest BCUT2D eigenvalue weighted by molar-refractivity contribution is 5.66. The molecule has 11 heavy (non-hydrogen) atoms. The molecule has 1 saturated heterocycles. The molecule has 1 rings (SSSR count). The molecule has 1 heterocycles. The van der Waals surface area contributed by atoms with Crippen molar-refractivity contribution >= 4 is 6.09 Å². The third-order valence-corrected chi connectivity index (χ3v) is 2.26. The highest BCUT2D eigenvalue weighted by Crippen LogP contribution is 2.19. The zero-order valence-electron chi connectivity index (χ0n) is 6.66. The van der Waals surface area contributed by atoms with Gasteiger partial charge in [-0.25, -0.2) is 4.79 Å². The normalized spacial score (nSPS) is 21.1. The first-order valence-electron chi connectivity index (χ1n) is 3.88. The van der Waals surface area contributed by atoms with E-state index in [4.69, 9.17) is 10.8 Å². The molecule has 64 valence electrons. The highest BCUT2D eigenvalue weighted by atomic mass is 16.4. The van der Waals surface area contributed by atoms with E-state index in [2.05, 4.69) is 0 Å². The van der Waals surface area contributed by atoms with Crippen LogP contribution in [0.25, 0.3) is 0 Å². The van der Waals surface area contributed by atoms with Gasteiger partial charge in [0.05, 0.1) is 0 Å². The standard InChI is InChI=1S/C7H14N2O2/c1-2-6(8)5-3-9(4-5)7(10)11/h5-6H,2-4,8H2,1H3,(H,10,11)/t6-/m0/s1. The van der Waals surface area contributed by atoms with Crippen molar-refractivity contribution < 1.29 is 9.90 Å². The third kappa shape index (κ3) is 1.63. The predicted octanol–water partition coefficient (Wildman–Crippen LogP) is 0.334. The first-order valence-corrected chi connectivity index (χ1v) is 3.88. The number of nitrogens with zero attached hydrogens (tertiary/aromatic N) is 1. The first-order chi connectivity index (χ1) is 5.15. The molecule has 3 N–H and O–H groups in total. The van der Waals surface area contributed by atoms with E-state index in [0.29, 0.717) is 19.0 Å². The Balaban J connectivity index is 2.23. The summed E-state index contributed by atoms with van der Waals surface area (Å²) >= 11 is 0. The zero-order chi connectivity index (χ0) is 8.43. The Bertz CT molecular complexity index is 155. The van der Waals surface area contributed by atoms with Crippen molar-refractivity contribution in [2.45, 2.75) is 19.4 Å². The van der Waals surface area contributed by atoms with Gasteiger partial charge in [-0.15, -0.1) is 0 Å². The van der Waals surface area contributed by atoms with Crippen LogP contribution in [0.15, 0.2) is 0 Å². The van der Waals surface area contributed by atoms with Gasteiger partial charge in [0, 0.05) is 25.0 Å². The molecule has 4 heteroatoms. The second kappa shape index (κ2) is 3.09. The molecule has 0 aromatic rings. The van der Waals surface area contributed by atoms with E-state index in [1.165, 1.54) is 4.90 Å². The van der Waals surface area contributed by atoms with E-state index in [9.17, 15) is 4.79 Å². The number of nitrogens with two attached hydrogens (primary N) is 1. The van der Waals surface area contributed by atoms with Gasteiger partial charge >= 0.3 is 6.09 Å². The number of rotatable bonds is 2. The lowest BCUT2D eigenvalue weighted by Gasteiger charge is -2.40. The van der Waals surface area contributed by atoms with Crippen LogP contribution in [0.5, 0.6) is 0 Å². The van der Waals surface area contributed by atoms with Crippen molar-refractivity contribution in [3.05, 3.63) is 0 Å². The quantitative estimate of drug-likeness (QED) is 0.608. The molecule has 1 aliphatic heterocycles. The zero-order valence-corrected chi connectivity index (χ0v) is 6.66. The second-order valence-corrected chi connectivity index (χ2v) is 3.02. The molecule has 0 unspecified atom stereocenters. The lowest BCUT2D eigenvalue weighted by atomic mass is 9.91. The first kappa shape index (κ1) is 8.33. The summed E-state index contributed by atoms with van der Waals surface area (Å²) in [6.07, 6.45) is 0.0996. The fourth-order valence-corrected chi connectivity index (χ4v) is 1.27. The summed E-state index contributed by atoms with van der Waals surface area (Å²) in [5.74, 6) is 0.385. The molecule has 0 aromatic carbocycles. The van der Waals surface area contributed by atoms with Gasteiger partial charge in [-0.3, -0.25) is 0 Å². The Morgan fingerprint density at radius 1 is 1.82 bits per heavy atom. The molecular weight excluding hydrogens is 144 g/mol. The summed E-state index contributed by atoms with van der Waals surface area (Å²) in [4.78, 5) is 11.7. The van der Waals surface area contributed by atoms with Crippen LogP contribution >= 0.6 is 0 Å². The Morgan fingerprint density at radius 2 is 2.36 bits per heavy atom. The summed E-state index contributed by atoms with van der Waals surface area (Å²) < 4.78 is 0. The minimum atomic E-state index is -0.829. The van der Waals surface area contributed by atoms with Crippen LogP contribution in [0, 0.1) is 5.92 Å². The van der Waals surface area contributed by atoms with Crippen LogP contribution < -0.4 is 5.73 Å². The van der Waals surface area contributed by atoms with Gasteiger partial charge in [-0.2, -0.15) is 0 Å². The maximum absolute atomic E-state index is 10.3. The Labute approximate surface area is 66.0 Å². The van der Waals surface area contributed by atoms with Crippen LogP contribution in [0.2, 0.25) is 0 Å². The number of carbonyl (C=O) groups is 1. The third-order valence-electron chi connectivity index (χ3n) is 2.26.